The average molecular weight is 482 g/mol. The van der Waals surface area contributed by atoms with Crippen molar-refractivity contribution in [1.82, 2.24) is 0 Å². The summed E-state index contributed by atoms with van der Waals surface area (Å²) >= 11 is 0. The Morgan fingerprint density at radius 2 is 1.19 bits per heavy atom. The van der Waals surface area contributed by atoms with E-state index in [1.54, 1.807) is 0 Å². The van der Waals surface area contributed by atoms with Gasteiger partial charge in [-0.3, -0.25) is 0 Å². The molecule has 0 aliphatic heterocycles. The number of anilines is 3. The minimum Gasteiger partial charge on any atom is -0.456 e. The maximum absolute atomic E-state index is 6.12. The first kappa shape index (κ1) is 23.1. The van der Waals surface area contributed by atoms with Gasteiger partial charge in [-0.2, -0.15) is 0 Å². The summed E-state index contributed by atoms with van der Waals surface area (Å²) in [5, 5.41) is 3.51. The molecule has 6 aromatic rings. The largest absolute Gasteiger partial charge is 0.456 e. The van der Waals surface area contributed by atoms with Crippen LogP contribution in [0.25, 0.3) is 33.1 Å². The number of rotatable bonds is 4. The van der Waals surface area contributed by atoms with E-state index in [1.807, 2.05) is 18.2 Å². The molecule has 0 aliphatic rings. The molecule has 0 radical (unpaired) electrons. The zero-order chi connectivity index (χ0) is 25.6. The molecular weight excluding hydrogens is 450 g/mol. The van der Waals surface area contributed by atoms with Gasteiger partial charge in [-0.15, -0.1) is 0 Å². The quantitative estimate of drug-likeness (QED) is 0.249. The van der Waals surface area contributed by atoms with Gasteiger partial charge in [-0.1, -0.05) is 87.0 Å². The summed E-state index contributed by atoms with van der Waals surface area (Å²) in [5.74, 6) is 0.896. The normalized spacial score (nSPS) is 11.8. The van der Waals surface area contributed by atoms with Crippen LogP contribution in [0, 0.1) is 6.92 Å². The van der Waals surface area contributed by atoms with Gasteiger partial charge in [0.25, 0.3) is 0 Å². The number of fused-ring (bicyclic) bond motifs is 2. The molecule has 0 fully saturated rings. The SMILES string of the molecule is Cc1ccc(N(c2ccc(C(C)(C)C)cc2)c2ccc3cc(-c4cc5ccccc5o4)ccc3c2)cc1. The number of hydrogen-bond donors (Lipinski definition) is 0. The van der Waals surface area contributed by atoms with Crippen molar-refractivity contribution in [2.24, 2.45) is 0 Å². The summed E-state index contributed by atoms with van der Waals surface area (Å²) in [4.78, 5) is 2.33. The van der Waals surface area contributed by atoms with Crippen LogP contribution in [0.5, 0.6) is 0 Å². The molecule has 5 aromatic carbocycles. The van der Waals surface area contributed by atoms with Gasteiger partial charge in [0.15, 0.2) is 0 Å². The van der Waals surface area contributed by atoms with Crippen molar-refractivity contribution in [3.8, 4) is 11.3 Å². The molecule has 0 unspecified atom stereocenters. The van der Waals surface area contributed by atoms with E-state index < -0.39 is 0 Å². The van der Waals surface area contributed by atoms with Crippen LogP contribution in [0.2, 0.25) is 0 Å². The minimum absolute atomic E-state index is 0.119. The van der Waals surface area contributed by atoms with Gasteiger partial charge >= 0.3 is 0 Å². The standard InChI is InChI=1S/C35H31NO/c1-24-9-16-30(17-10-24)36(31-19-14-29(15-20-31)35(2,3)4)32-18-13-25-21-28(12-11-26(25)22-32)34-23-27-7-5-6-8-33(27)37-34/h5-23H,1-4H3. The molecule has 182 valence electrons. The number of hydrogen-bond acceptors (Lipinski definition) is 2. The lowest BCUT2D eigenvalue weighted by molar-refractivity contribution is 0.590. The lowest BCUT2D eigenvalue weighted by Gasteiger charge is -2.27. The van der Waals surface area contributed by atoms with E-state index in [2.05, 4.69) is 130 Å². The van der Waals surface area contributed by atoms with Crippen LogP contribution >= 0.6 is 0 Å². The van der Waals surface area contributed by atoms with E-state index in [0.29, 0.717) is 0 Å². The lowest BCUT2D eigenvalue weighted by Crippen LogP contribution is -2.13. The first-order valence-corrected chi connectivity index (χ1v) is 12.9. The van der Waals surface area contributed by atoms with Gasteiger partial charge in [0.2, 0.25) is 0 Å². The zero-order valence-corrected chi connectivity index (χ0v) is 21.8. The molecule has 37 heavy (non-hydrogen) atoms. The van der Waals surface area contributed by atoms with Gasteiger partial charge < -0.3 is 9.32 Å². The molecule has 1 heterocycles. The second-order valence-corrected chi connectivity index (χ2v) is 10.9. The third-order valence-electron chi connectivity index (χ3n) is 7.08. The predicted octanol–water partition coefficient (Wildman–Crippen LogP) is 10.3. The fourth-order valence-corrected chi connectivity index (χ4v) is 4.90. The molecule has 2 nitrogen and oxygen atoms in total. The van der Waals surface area contributed by atoms with Gasteiger partial charge in [-0.25, -0.2) is 0 Å². The Morgan fingerprint density at radius 3 is 1.89 bits per heavy atom. The smallest absolute Gasteiger partial charge is 0.135 e. The lowest BCUT2D eigenvalue weighted by atomic mass is 9.87. The van der Waals surface area contributed by atoms with E-state index in [-0.39, 0.29) is 5.41 Å². The molecule has 0 saturated heterocycles. The fraction of sp³-hybridized carbons (Fsp3) is 0.143. The van der Waals surface area contributed by atoms with Crippen LogP contribution in [-0.2, 0) is 5.41 Å². The highest BCUT2D eigenvalue weighted by molar-refractivity contribution is 5.92. The number of furan rings is 1. The molecular formula is C35H31NO. The van der Waals surface area contributed by atoms with Crippen LogP contribution in [0.15, 0.2) is 120 Å². The monoisotopic (exact) mass is 481 g/mol. The molecule has 6 rings (SSSR count). The first-order valence-electron chi connectivity index (χ1n) is 12.9. The van der Waals surface area contributed by atoms with Crippen LogP contribution in [0.4, 0.5) is 17.1 Å². The first-order chi connectivity index (χ1) is 17.8. The highest BCUT2D eigenvalue weighted by atomic mass is 16.3. The van der Waals surface area contributed by atoms with Crippen molar-refractivity contribution in [1.29, 1.82) is 0 Å². The summed E-state index contributed by atoms with van der Waals surface area (Å²) in [6.45, 7) is 8.88. The average Bonchev–Trinajstić information content (AvgIpc) is 3.34. The maximum Gasteiger partial charge on any atom is 0.135 e. The van der Waals surface area contributed by atoms with Gasteiger partial charge in [-0.05, 0) is 83.3 Å². The van der Waals surface area contributed by atoms with Crippen molar-refractivity contribution in [2.75, 3.05) is 4.90 Å². The third kappa shape index (κ3) is 4.51. The molecule has 0 saturated carbocycles. The summed E-state index contributed by atoms with van der Waals surface area (Å²) in [6, 6.07) is 41.2. The molecule has 0 N–H and O–H groups in total. The second kappa shape index (κ2) is 8.97. The molecule has 0 atom stereocenters. The highest BCUT2D eigenvalue weighted by Gasteiger charge is 2.17. The zero-order valence-electron chi connectivity index (χ0n) is 21.8. The third-order valence-corrected chi connectivity index (χ3v) is 7.08. The van der Waals surface area contributed by atoms with E-state index in [1.165, 1.54) is 21.9 Å². The van der Waals surface area contributed by atoms with Crippen molar-refractivity contribution >= 4 is 38.8 Å². The predicted molar refractivity (Wildman–Crippen MR) is 157 cm³/mol. The van der Waals surface area contributed by atoms with Crippen molar-refractivity contribution in [2.45, 2.75) is 33.1 Å². The minimum atomic E-state index is 0.119. The second-order valence-electron chi connectivity index (χ2n) is 10.9. The van der Waals surface area contributed by atoms with Gasteiger partial charge in [0.1, 0.15) is 11.3 Å². The number of benzene rings is 5. The molecule has 2 heteroatoms. The molecule has 0 spiro atoms. The van der Waals surface area contributed by atoms with Crippen molar-refractivity contribution < 1.29 is 4.42 Å². The Morgan fingerprint density at radius 1 is 0.568 bits per heavy atom. The summed E-state index contributed by atoms with van der Waals surface area (Å²) in [7, 11) is 0. The van der Waals surface area contributed by atoms with Crippen LogP contribution in [0.3, 0.4) is 0 Å². The van der Waals surface area contributed by atoms with E-state index in [4.69, 9.17) is 4.42 Å². The fourth-order valence-electron chi connectivity index (χ4n) is 4.90. The Bertz CT molecular complexity index is 1670. The van der Waals surface area contributed by atoms with E-state index in [9.17, 15) is 0 Å². The van der Waals surface area contributed by atoms with Crippen LogP contribution in [0.1, 0.15) is 31.9 Å². The topological polar surface area (TPSA) is 16.4 Å². The Labute approximate surface area is 218 Å². The molecule has 0 amide bonds. The number of nitrogens with zero attached hydrogens (tertiary/aromatic N) is 1. The van der Waals surface area contributed by atoms with E-state index >= 15 is 0 Å². The van der Waals surface area contributed by atoms with Crippen molar-refractivity contribution in [3.63, 3.8) is 0 Å². The Hall–Kier alpha value is -4.30. The van der Waals surface area contributed by atoms with Gasteiger partial charge in [0, 0.05) is 28.0 Å². The molecule has 0 aliphatic carbocycles. The number of para-hydroxylation sites is 1. The van der Waals surface area contributed by atoms with Gasteiger partial charge in [0.05, 0.1) is 0 Å². The maximum atomic E-state index is 6.12. The molecule has 1 aromatic heterocycles. The Balaban J connectivity index is 1.42. The summed E-state index contributed by atoms with van der Waals surface area (Å²) in [5.41, 5.74) is 8.14. The Kier molecular flexibility index (Phi) is 5.61. The van der Waals surface area contributed by atoms with Crippen LogP contribution in [-0.4, -0.2) is 0 Å². The van der Waals surface area contributed by atoms with Crippen molar-refractivity contribution in [3.05, 3.63) is 126 Å². The highest BCUT2D eigenvalue weighted by Crippen LogP contribution is 2.38. The van der Waals surface area contributed by atoms with E-state index in [0.717, 1.165) is 39.4 Å². The molecule has 0 bridgehead atoms. The number of aryl methyl sites for hydroxylation is 1. The van der Waals surface area contributed by atoms with Crippen LogP contribution < -0.4 is 4.90 Å². The summed E-state index contributed by atoms with van der Waals surface area (Å²) in [6.07, 6.45) is 0. The summed E-state index contributed by atoms with van der Waals surface area (Å²) < 4.78 is 6.12.